The van der Waals surface area contributed by atoms with Gasteiger partial charge in [0.15, 0.2) is 0 Å². The number of amides is 2. The zero-order chi connectivity index (χ0) is 11.4. The molecule has 0 unspecified atom stereocenters. The van der Waals surface area contributed by atoms with E-state index in [9.17, 15) is 4.79 Å². The van der Waals surface area contributed by atoms with E-state index in [2.05, 4.69) is 5.32 Å². The maximum atomic E-state index is 11.8. The molecule has 3 N–H and O–H groups in total. The quantitative estimate of drug-likeness (QED) is 0.807. The molecule has 0 atom stereocenters. The third-order valence-electron chi connectivity index (χ3n) is 2.85. The van der Waals surface area contributed by atoms with Gasteiger partial charge in [-0.05, 0) is 25.0 Å². The highest BCUT2D eigenvalue weighted by Crippen LogP contribution is 2.11. The van der Waals surface area contributed by atoms with Crippen LogP contribution in [0.15, 0.2) is 30.3 Å². The fourth-order valence-corrected chi connectivity index (χ4v) is 1.83. The number of rotatable bonds is 1. The lowest BCUT2D eigenvalue weighted by molar-refractivity contribution is 0.195. The number of nitrogens with one attached hydrogen (secondary N) is 1. The molecule has 94 valence electrons. The number of nitrogens with zero attached hydrogens (tertiary/aromatic N) is 1. The van der Waals surface area contributed by atoms with E-state index < -0.39 is 0 Å². The fourth-order valence-electron chi connectivity index (χ4n) is 1.83. The van der Waals surface area contributed by atoms with Gasteiger partial charge in [-0.15, -0.1) is 12.4 Å². The average molecular weight is 256 g/mol. The highest BCUT2D eigenvalue weighted by molar-refractivity contribution is 5.89. The molecule has 0 radical (unpaired) electrons. The van der Waals surface area contributed by atoms with Crippen LogP contribution in [0.25, 0.3) is 0 Å². The Morgan fingerprint density at radius 3 is 2.41 bits per heavy atom. The van der Waals surface area contributed by atoms with E-state index >= 15 is 0 Å². The first-order valence-corrected chi connectivity index (χ1v) is 5.62. The summed E-state index contributed by atoms with van der Waals surface area (Å²) in [5.74, 6) is 0. The molecule has 1 aliphatic rings. The van der Waals surface area contributed by atoms with E-state index in [1.54, 1.807) is 0 Å². The van der Waals surface area contributed by atoms with Crippen LogP contribution in [-0.4, -0.2) is 30.1 Å². The molecule has 4 nitrogen and oxygen atoms in total. The Kier molecular flexibility index (Phi) is 5.25. The molecule has 2 amide bonds. The van der Waals surface area contributed by atoms with E-state index in [0.717, 1.165) is 31.6 Å². The summed E-state index contributed by atoms with van der Waals surface area (Å²) in [5.41, 5.74) is 6.63. The summed E-state index contributed by atoms with van der Waals surface area (Å²) in [6.07, 6.45) is 1.78. The van der Waals surface area contributed by atoms with Crippen molar-refractivity contribution in [2.75, 3.05) is 18.4 Å². The number of para-hydroxylation sites is 1. The van der Waals surface area contributed by atoms with Crippen LogP contribution in [0.3, 0.4) is 0 Å². The van der Waals surface area contributed by atoms with Crippen molar-refractivity contribution in [1.82, 2.24) is 4.90 Å². The molecule has 1 saturated heterocycles. The van der Waals surface area contributed by atoms with Crippen molar-refractivity contribution < 1.29 is 4.79 Å². The minimum Gasteiger partial charge on any atom is -0.328 e. The third kappa shape index (κ3) is 3.91. The number of hydrogen-bond acceptors (Lipinski definition) is 2. The number of anilines is 1. The van der Waals surface area contributed by atoms with E-state index in [1.165, 1.54) is 0 Å². The van der Waals surface area contributed by atoms with Crippen LogP contribution in [0.4, 0.5) is 10.5 Å². The van der Waals surface area contributed by atoms with Gasteiger partial charge in [0, 0.05) is 24.8 Å². The number of halogens is 1. The van der Waals surface area contributed by atoms with Crippen LogP contribution in [-0.2, 0) is 0 Å². The van der Waals surface area contributed by atoms with Crippen molar-refractivity contribution >= 4 is 24.1 Å². The molecule has 2 rings (SSSR count). The summed E-state index contributed by atoms with van der Waals surface area (Å²) in [4.78, 5) is 13.7. The Labute approximate surface area is 108 Å². The van der Waals surface area contributed by atoms with Crippen LogP contribution in [0.2, 0.25) is 0 Å². The van der Waals surface area contributed by atoms with Gasteiger partial charge in [-0.3, -0.25) is 0 Å². The second kappa shape index (κ2) is 6.47. The topological polar surface area (TPSA) is 58.4 Å². The van der Waals surface area contributed by atoms with Crippen molar-refractivity contribution in [2.24, 2.45) is 5.73 Å². The Hall–Kier alpha value is -1.26. The zero-order valence-corrected chi connectivity index (χ0v) is 10.5. The van der Waals surface area contributed by atoms with Gasteiger partial charge in [0.05, 0.1) is 0 Å². The molecule has 1 aliphatic heterocycles. The normalized spacial score (nSPS) is 16.2. The molecule has 0 spiro atoms. The lowest BCUT2D eigenvalue weighted by Crippen LogP contribution is -2.44. The summed E-state index contributed by atoms with van der Waals surface area (Å²) >= 11 is 0. The first kappa shape index (κ1) is 13.8. The number of carbonyl (C=O) groups is 1. The predicted octanol–water partition coefficient (Wildman–Crippen LogP) is 2.06. The predicted molar refractivity (Wildman–Crippen MR) is 71.5 cm³/mol. The van der Waals surface area contributed by atoms with Crippen LogP contribution in [0.1, 0.15) is 12.8 Å². The second-order valence-corrected chi connectivity index (χ2v) is 4.12. The van der Waals surface area contributed by atoms with Crippen LogP contribution < -0.4 is 11.1 Å². The smallest absolute Gasteiger partial charge is 0.321 e. The summed E-state index contributed by atoms with van der Waals surface area (Å²) in [6.45, 7) is 1.50. The molecule has 1 aromatic carbocycles. The molecule has 0 aliphatic carbocycles. The lowest BCUT2D eigenvalue weighted by atomic mass is 10.1. The molecule has 0 bridgehead atoms. The minimum atomic E-state index is -0.0295. The first-order valence-electron chi connectivity index (χ1n) is 5.62. The third-order valence-corrected chi connectivity index (χ3v) is 2.85. The number of benzene rings is 1. The van der Waals surface area contributed by atoms with Crippen molar-refractivity contribution in [3.05, 3.63) is 30.3 Å². The molecular formula is C12H18ClN3O. The second-order valence-electron chi connectivity index (χ2n) is 4.12. The molecule has 1 fully saturated rings. The summed E-state index contributed by atoms with van der Waals surface area (Å²) < 4.78 is 0. The Morgan fingerprint density at radius 2 is 1.82 bits per heavy atom. The van der Waals surface area contributed by atoms with E-state index in [0.29, 0.717) is 0 Å². The largest absolute Gasteiger partial charge is 0.328 e. The van der Waals surface area contributed by atoms with Gasteiger partial charge in [-0.25, -0.2) is 4.79 Å². The Balaban J connectivity index is 0.00000144. The molecule has 17 heavy (non-hydrogen) atoms. The highest BCUT2D eigenvalue weighted by atomic mass is 35.5. The molecule has 0 saturated carbocycles. The zero-order valence-electron chi connectivity index (χ0n) is 9.63. The SMILES string of the molecule is Cl.NC1CCN(C(=O)Nc2ccccc2)CC1. The average Bonchev–Trinajstić information content (AvgIpc) is 2.31. The number of nitrogens with two attached hydrogens (primary N) is 1. The Morgan fingerprint density at radius 1 is 1.24 bits per heavy atom. The van der Waals surface area contributed by atoms with Gasteiger partial charge in [-0.1, -0.05) is 18.2 Å². The Bertz CT molecular complexity index is 350. The summed E-state index contributed by atoms with van der Waals surface area (Å²) in [7, 11) is 0. The van der Waals surface area contributed by atoms with Crippen LogP contribution >= 0.6 is 12.4 Å². The van der Waals surface area contributed by atoms with E-state index in [-0.39, 0.29) is 24.5 Å². The van der Waals surface area contributed by atoms with Gasteiger partial charge in [0.2, 0.25) is 0 Å². The monoisotopic (exact) mass is 255 g/mol. The lowest BCUT2D eigenvalue weighted by Gasteiger charge is -2.30. The van der Waals surface area contributed by atoms with Gasteiger partial charge in [-0.2, -0.15) is 0 Å². The first-order chi connectivity index (χ1) is 7.75. The number of likely N-dealkylation sites (tertiary alicyclic amines) is 1. The van der Waals surface area contributed by atoms with Crippen LogP contribution in [0, 0.1) is 0 Å². The molecule has 0 aromatic heterocycles. The number of carbonyl (C=O) groups excluding carboxylic acids is 1. The van der Waals surface area contributed by atoms with Crippen molar-refractivity contribution in [2.45, 2.75) is 18.9 Å². The minimum absolute atomic E-state index is 0. The van der Waals surface area contributed by atoms with Gasteiger partial charge in [0.1, 0.15) is 0 Å². The molecular weight excluding hydrogens is 238 g/mol. The van der Waals surface area contributed by atoms with Crippen molar-refractivity contribution in [1.29, 1.82) is 0 Å². The maximum Gasteiger partial charge on any atom is 0.321 e. The molecule has 5 heteroatoms. The molecule has 1 heterocycles. The molecule has 1 aromatic rings. The number of urea groups is 1. The summed E-state index contributed by atoms with van der Waals surface area (Å²) in [6, 6.07) is 9.72. The number of hydrogen-bond donors (Lipinski definition) is 2. The van der Waals surface area contributed by atoms with E-state index in [4.69, 9.17) is 5.73 Å². The number of piperidine rings is 1. The highest BCUT2D eigenvalue weighted by Gasteiger charge is 2.20. The van der Waals surface area contributed by atoms with Crippen molar-refractivity contribution in [3.8, 4) is 0 Å². The van der Waals surface area contributed by atoms with Gasteiger partial charge < -0.3 is 16.0 Å². The van der Waals surface area contributed by atoms with Crippen molar-refractivity contribution in [3.63, 3.8) is 0 Å². The maximum absolute atomic E-state index is 11.8. The van der Waals surface area contributed by atoms with Gasteiger partial charge in [0.25, 0.3) is 0 Å². The summed E-state index contributed by atoms with van der Waals surface area (Å²) in [5, 5.41) is 2.87. The van der Waals surface area contributed by atoms with E-state index in [1.807, 2.05) is 35.2 Å². The van der Waals surface area contributed by atoms with Crippen LogP contribution in [0.5, 0.6) is 0 Å². The fraction of sp³-hybridized carbons (Fsp3) is 0.417. The standard InChI is InChI=1S/C12H17N3O.ClH/c13-10-6-8-15(9-7-10)12(16)14-11-4-2-1-3-5-11;/h1-5,10H,6-9,13H2,(H,14,16);1H. The van der Waals surface area contributed by atoms with Gasteiger partial charge >= 0.3 is 6.03 Å².